The number of hydrogen-bond donors (Lipinski definition) is 2. The molecule has 0 saturated carbocycles. The van der Waals surface area contributed by atoms with E-state index < -0.39 is 0 Å². The number of nitrogens with two attached hydrogens (primary N) is 1. The number of H-pyrrole nitrogens is 1. The zero-order valence-electron chi connectivity index (χ0n) is 4.81. The molecule has 60 valence electrons. The minimum atomic E-state index is 0. The fourth-order valence-corrected chi connectivity index (χ4v) is 0.575. The molecule has 0 unspecified atom stereocenters. The summed E-state index contributed by atoms with van der Waals surface area (Å²) in [6, 6.07) is 0. The van der Waals surface area contributed by atoms with Gasteiger partial charge in [-0.05, 0) is 6.92 Å². The molecule has 1 aromatic heterocycles. The third kappa shape index (κ3) is 2.64. The molecule has 1 heterocycles. The maximum absolute atomic E-state index is 5.29. The van der Waals surface area contributed by atoms with Gasteiger partial charge in [-0.1, -0.05) is 14.9 Å². The summed E-state index contributed by atoms with van der Waals surface area (Å²) in [5.74, 6) is 0.922. The molecule has 1 aromatic rings. The van der Waals surface area contributed by atoms with E-state index in [1.807, 2.05) is 6.92 Å². The number of hydrogen-bond acceptors (Lipinski definition) is 2. The molecule has 1 rings (SSSR count). The summed E-state index contributed by atoms with van der Waals surface area (Å²) in [6.07, 6.45) is 1.75. The summed E-state index contributed by atoms with van der Waals surface area (Å²) < 4.78 is 0. The van der Waals surface area contributed by atoms with Gasteiger partial charge < -0.3 is 10.7 Å². The fourth-order valence-electron chi connectivity index (χ4n) is 0.575. The van der Waals surface area contributed by atoms with E-state index in [1.54, 1.807) is 6.20 Å². The second-order valence-electron chi connectivity index (χ2n) is 1.70. The summed E-state index contributed by atoms with van der Waals surface area (Å²) in [4.78, 5) is 6.94. The third-order valence-electron chi connectivity index (χ3n) is 0.975. The number of nitrogens with one attached hydrogen (secondary N) is 1. The van der Waals surface area contributed by atoms with Gasteiger partial charge in [-0.2, -0.15) is 0 Å². The smallest absolute Gasteiger partial charge is 0.103 e. The van der Waals surface area contributed by atoms with Crippen molar-refractivity contribution in [3.8, 4) is 0 Å². The van der Waals surface area contributed by atoms with Gasteiger partial charge in [-0.15, -0.1) is 0 Å². The van der Waals surface area contributed by atoms with Gasteiger partial charge in [0.2, 0.25) is 0 Å². The lowest BCUT2D eigenvalue weighted by atomic mass is 10.5. The van der Waals surface area contributed by atoms with Crippen molar-refractivity contribution in [2.45, 2.75) is 28.3 Å². The van der Waals surface area contributed by atoms with Crippen LogP contribution in [0.4, 0.5) is 0 Å². The zero-order valence-corrected chi connectivity index (χ0v) is 4.81. The normalized spacial score (nSPS) is 7.80. The lowest BCUT2D eigenvalue weighted by molar-refractivity contribution is 0.997. The second-order valence-corrected chi connectivity index (χ2v) is 1.70. The lowest BCUT2D eigenvalue weighted by Crippen LogP contribution is -1.95. The molecule has 0 spiro atoms. The molecule has 0 bridgehead atoms. The quantitative estimate of drug-likeness (QED) is 0.625. The maximum atomic E-state index is 5.29. The van der Waals surface area contributed by atoms with Crippen molar-refractivity contribution < 1.29 is 0 Å². The Bertz CT molecular complexity index is 169. The molecule has 0 saturated heterocycles. The van der Waals surface area contributed by atoms with Gasteiger partial charge >= 0.3 is 0 Å². The number of imidazole rings is 1. The first-order valence-electron chi connectivity index (χ1n) is 2.53. The van der Waals surface area contributed by atoms with Gasteiger partial charge in [-0.25, -0.2) is 4.98 Å². The summed E-state index contributed by atoms with van der Waals surface area (Å²) in [7, 11) is 0. The highest BCUT2D eigenvalue weighted by Gasteiger charge is 1.89. The van der Waals surface area contributed by atoms with Gasteiger partial charge in [0.15, 0.2) is 0 Å². The van der Waals surface area contributed by atoms with Crippen LogP contribution in [-0.4, -0.2) is 9.97 Å². The summed E-state index contributed by atoms with van der Waals surface area (Å²) in [5.41, 5.74) is 6.28. The SMILES string of the molecule is C.C.Cc1ncc(CN)[nH]1. The van der Waals surface area contributed by atoms with Crippen LogP contribution in [0.5, 0.6) is 0 Å². The summed E-state index contributed by atoms with van der Waals surface area (Å²) >= 11 is 0. The molecule has 0 aromatic carbocycles. The first-order chi connectivity index (χ1) is 3.83. The molecule has 3 nitrogen and oxygen atoms in total. The van der Waals surface area contributed by atoms with Crippen LogP contribution in [0.25, 0.3) is 0 Å². The number of nitrogens with zero attached hydrogens (tertiary/aromatic N) is 1. The lowest BCUT2D eigenvalue weighted by Gasteiger charge is -1.82. The van der Waals surface area contributed by atoms with Crippen LogP contribution in [0.3, 0.4) is 0 Å². The predicted molar refractivity (Wildman–Crippen MR) is 44.7 cm³/mol. The Morgan fingerprint density at radius 1 is 1.60 bits per heavy atom. The molecule has 0 aliphatic heterocycles. The van der Waals surface area contributed by atoms with Crippen molar-refractivity contribution in [2.24, 2.45) is 5.73 Å². The van der Waals surface area contributed by atoms with Crippen LogP contribution in [0, 0.1) is 6.92 Å². The zero-order chi connectivity index (χ0) is 5.98. The molecule has 0 atom stereocenters. The van der Waals surface area contributed by atoms with E-state index in [1.165, 1.54) is 0 Å². The first kappa shape index (κ1) is 11.9. The van der Waals surface area contributed by atoms with E-state index >= 15 is 0 Å². The molecule has 10 heavy (non-hydrogen) atoms. The minimum Gasteiger partial charge on any atom is -0.345 e. The van der Waals surface area contributed by atoms with Crippen molar-refractivity contribution in [2.75, 3.05) is 0 Å². The standard InChI is InChI=1S/C5H9N3.2CH4/c1-4-7-3-5(2-6)8-4;;/h3H,2,6H2,1H3,(H,7,8);2*1H4. The van der Waals surface area contributed by atoms with Crippen LogP contribution in [-0.2, 0) is 6.54 Å². The number of rotatable bonds is 1. The average Bonchev–Trinajstić information content (AvgIpc) is 2.14. The number of aromatic nitrogens is 2. The highest BCUT2D eigenvalue weighted by atomic mass is 14.9. The average molecular weight is 143 g/mol. The van der Waals surface area contributed by atoms with Gasteiger partial charge in [-0.3, -0.25) is 0 Å². The molecule has 0 aliphatic rings. The van der Waals surface area contributed by atoms with Crippen molar-refractivity contribution >= 4 is 0 Å². The van der Waals surface area contributed by atoms with Crippen molar-refractivity contribution in [1.82, 2.24) is 9.97 Å². The number of aromatic amines is 1. The van der Waals surface area contributed by atoms with Crippen molar-refractivity contribution in [3.63, 3.8) is 0 Å². The Hall–Kier alpha value is -0.830. The highest BCUT2D eigenvalue weighted by Crippen LogP contribution is 1.91. The topological polar surface area (TPSA) is 54.7 Å². The van der Waals surface area contributed by atoms with Crippen LogP contribution >= 0.6 is 0 Å². The molecular weight excluding hydrogens is 126 g/mol. The third-order valence-corrected chi connectivity index (χ3v) is 0.975. The Kier molecular flexibility index (Phi) is 5.95. The second kappa shape index (κ2) is 4.99. The number of aryl methyl sites for hydroxylation is 1. The highest BCUT2D eigenvalue weighted by molar-refractivity contribution is 4.98. The van der Waals surface area contributed by atoms with Crippen molar-refractivity contribution in [1.29, 1.82) is 0 Å². The predicted octanol–water partition coefficient (Wildman–Crippen LogP) is 1.45. The molecular formula is C7H17N3. The molecule has 0 aliphatic carbocycles. The van der Waals surface area contributed by atoms with Gasteiger partial charge in [0.25, 0.3) is 0 Å². The Labute approximate surface area is 62.7 Å². The Balaban J connectivity index is 0. The monoisotopic (exact) mass is 143 g/mol. The first-order valence-corrected chi connectivity index (χ1v) is 2.53. The van der Waals surface area contributed by atoms with Crippen LogP contribution in [0.15, 0.2) is 6.20 Å². The fraction of sp³-hybridized carbons (Fsp3) is 0.571. The van der Waals surface area contributed by atoms with Gasteiger partial charge in [0, 0.05) is 18.4 Å². The molecule has 3 heteroatoms. The molecule has 3 N–H and O–H groups in total. The minimum absolute atomic E-state index is 0. The Morgan fingerprint density at radius 2 is 2.20 bits per heavy atom. The van der Waals surface area contributed by atoms with Crippen molar-refractivity contribution in [3.05, 3.63) is 17.7 Å². The molecule has 0 radical (unpaired) electrons. The van der Waals surface area contributed by atoms with E-state index in [4.69, 9.17) is 5.73 Å². The van der Waals surface area contributed by atoms with E-state index in [0.717, 1.165) is 11.5 Å². The van der Waals surface area contributed by atoms with Gasteiger partial charge in [0.1, 0.15) is 5.82 Å². The molecule has 0 fully saturated rings. The van der Waals surface area contributed by atoms with E-state index in [0.29, 0.717) is 6.54 Å². The Morgan fingerprint density at radius 3 is 2.40 bits per heavy atom. The van der Waals surface area contributed by atoms with Crippen LogP contribution in [0.2, 0.25) is 0 Å². The van der Waals surface area contributed by atoms with E-state index in [-0.39, 0.29) is 14.9 Å². The largest absolute Gasteiger partial charge is 0.345 e. The van der Waals surface area contributed by atoms with E-state index in [9.17, 15) is 0 Å². The summed E-state index contributed by atoms with van der Waals surface area (Å²) in [6.45, 7) is 2.44. The van der Waals surface area contributed by atoms with E-state index in [2.05, 4.69) is 9.97 Å². The molecule has 0 amide bonds. The maximum Gasteiger partial charge on any atom is 0.103 e. The summed E-state index contributed by atoms with van der Waals surface area (Å²) in [5, 5.41) is 0. The van der Waals surface area contributed by atoms with Crippen LogP contribution in [0.1, 0.15) is 26.4 Å². The van der Waals surface area contributed by atoms with Gasteiger partial charge in [0.05, 0.1) is 0 Å². The van der Waals surface area contributed by atoms with Crippen LogP contribution < -0.4 is 5.73 Å².